The SMILES string of the molecule is CCC(=O)N1CC(Cc2cc(C(=O)NC[C@H](O)CN3CCc4ccccc4C3)ccn2)C1. The van der Waals surface area contributed by atoms with E-state index in [0.29, 0.717) is 24.4 Å². The van der Waals surface area contributed by atoms with Crippen LogP contribution in [0, 0.1) is 5.92 Å². The molecule has 1 aromatic carbocycles. The third kappa shape index (κ3) is 5.53. The van der Waals surface area contributed by atoms with Crippen molar-refractivity contribution in [3.8, 4) is 0 Å². The lowest BCUT2D eigenvalue weighted by molar-refractivity contribution is -0.137. The Kier molecular flexibility index (Phi) is 7.17. The molecule has 32 heavy (non-hydrogen) atoms. The first-order valence-electron chi connectivity index (χ1n) is 11.5. The molecule has 2 aromatic rings. The molecule has 0 bridgehead atoms. The number of hydrogen-bond donors (Lipinski definition) is 2. The molecule has 0 saturated carbocycles. The Morgan fingerprint density at radius 3 is 2.78 bits per heavy atom. The number of nitrogens with zero attached hydrogens (tertiary/aromatic N) is 3. The highest BCUT2D eigenvalue weighted by Gasteiger charge is 2.30. The monoisotopic (exact) mass is 436 g/mol. The van der Waals surface area contributed by atoms with Crippen molar-refractivity contribution in [2.45, 2.75) is 38.8 Å². The molecule has 0 radical (unpaired) electrons. The van der Waals surface area contributed by atoms with Crippen molar-refractivity contribution in [3.05, 3.63) is 65.0 Å². The standard InChI is InChI=1S/C25H32N4O3/c1-2-24(31)29-14-18(15-29)11-22-12-20(7-9-26-22)25(32)27-13-23(30)17-28-10-8-19-5-3-4-6-21(19)16-28/h3-7,9,12,18,23,30H,2,8,10-11,13-17H2,1H3,(H,27,32)/t23-/m0/s1. The van der Waals surface area contributed by atoms with Crippen LogP contribution in [0.5, 0.6) is 0 Å². The first-order valence-corrected chi connectivity index (χ1v) is 11.5. The van der Waals surface area contributed by atoms with Gasteiger partial charge >= 0.3 is 0 Å². The van der Waals surface area contributed by atoms with E-state index in [1.54, 1.807) is 12.3 Å². The highest BCUT2D eigenvalue weighted by Crippen LogP contribution is 2.21. The molecular formula is C25H32N4O3. The maximum absolute atomic E-state index is 12.6. The van der Waals surface area contributed by atoms with Crippen molar-refractivity contribution in [3.63, 3.8) is 0 Å². The van der Waals surface area contributed by atoms with Crippen LogP contribution in [0.2, 0.25) is 0 Å². The number of β-amino-alcohol motifs (C(OH)–C–C–N with tert-alkyl or cyclic N) is 1. The van der Waals surface area contributed by atoms with E-state index >= 15 is 0 Å². The number of aromatic nitrogens is 1. The fourth-order valence-corrected chi connectivity index (χ4v) is 4.54. The van der Waals surface area contributed by atoms with Crippen LogP contribution in [0.25, 0.3) is 0 Å². The van der Waals surface area contributed by atoms with Crippen molar-refractivity contribution in [1.82, 2.24) is 20.1 Å². The predicted octanol–water partition coefficient (Wildman–Crippen LogP) is 1.64. The number of aliphatic hydroxyl groups excluding tert-OH is 1. The van der Waals surface area contributed by atoms with Gasteiger partial charge in [0.1, 0.15) is 0 Å². The lowest BCUT2D eigenvalue weighted by Gasteiger charge is -2.39. The molecule has 7 heteroatoms. The van der Waals surface area contributed by atoms with Gasteiger partial charge in [0, 0.05) is 63.1 Å². The average molecular weight is 437 g/mol. The number of benzene rings is 1. The number of pyridine rings is 1. The number of amides is 2. The quantitative estimate of drug-likeness (QED) is 0.657. The van der Waals surface area contributed by atoms with Crippen molar-refractivity contribution in [2.24, 2.45) is 5.92 Å². The van der Waals surface area contributed by atoms with Gasteiger partial charge in [0.15, 0.2) is 0 Å². The molecule has 0 spiro atoms. The van der Waals surface area contributed by atoms with Gasteiger partial charge in [0.05, 0.1) is 6.10 Å². The summed E-state index contributed by atoms with van der Waals surface area (Å²) in [5.41, 5.74) is 4.10. The van der Waals surface area contributed by atoms with Gasteiger partial charge in [-0.25, -0.2) is 0 Å². The van der Waals surface area contributed by atoms with E-state index in [1.165, 1.54) is 11.1 Å². The van der Waals surface area contributed by atoms with Gasteiger partial charge in [0.25, 0.3) is 5.91 Å². The van der Waals surface area contributed by atoms with Gasteiger partial charge in [-0.1, -0.05) is 31.2 Å². The van der Waals surface area contributed by atoms with Crippen molar-refractivity contribution in [1.29, 1.82) is 0 Å². The van der Waals surface area contributed by atoms with Gasteiger partial charge in [-0.3, -0.25) is 19.5 Å². The minimum atomic E-state index is -0.623. The molecule has 1 saturated heterocycles. The van der Waals surface area contributed by atoms with E-state index in [-0.39, 0.29) is 18.4 Å². The van der Waals surface area contributed by atoms with Crippen LogP contribution in [0.1, 0.15) is 40.5 Å². The van der Waals surface area contributed by atoms with Gasteiger partial charge in [-0.15, -0.1) is 0 Å². The van der Waals surface area contributed by atoms with Crippen molar-refractivity contribution >= 4 is 11.8 Å². The zero-order chi connectivity index (χ0) is 22.5. The zero-order valence-corrected chi connectivity index (χ0v) is 18.7. The minimum Gasteiger partial charge on any atom is -0.390 e. The largest absolute Gasteiger partial charge is 0.390 e. The molecule has 2 aliphatic heterocycles. The highest BCUT2D eigenvalue weighted by atomic mass is 16.3. The summed E-state index contributed by atoms with van der Waals surface area (Å²) in [6.07, 6.45) is 3.31. The molecule has 170 valence electrons. The molecule has 3 heterocycles. The highest BCUT2D eigenvalue weighted by molar-refractivity contribution is 5.94. The molecule has 1 fully saturated rings. The van der Waals surface area contributed by atoms with Gasteiger partial charge < -0.3 is 15.3 Å². The summed E-state index contributed by atoms with van der Waals surface area (Å²) in [6, 6.07) is 11.9. The zero-order valence-electron chi connectivity index (χ0n) is 18.7. The number of nitrogens with one attached hydrogen (secondary N) is 1. The Balaban J connectivity index is 1.22. The molecule has 2 aliphatic rings. The number of fused-ring (bicyclic) bond motifs is 1. The number of hydrogen-bond acceptors (Lipinski definition) is 5. The average Bonchev–Trinajstić information content (AvgIpc) is 2.79. The summed E-state index contributed by atoms with van der Waals surface area (Å²) < 4.78 is 0. The van der Waals surface area contributed by atoms with E-state index in [0.717, 1.165) is 44.7 Å². The van der Waals surface area contributed by atoms with Crippen molar-refractivity contribution < 1.29 is 14.7 Å². The summed E-state index contributed by atoms with van der Waals surface area (Å²) in [4.78, 5) is 32.7. The molecule has 1 atom stereocenters. The second-order valence-electron chi connectivity index (χ2n) is 8.88. The normalized spacial score (nSPS) is 17.4. The van der Waals surface area contributed by atoms with Gasteiger partial charge in [-0.05, 0) is 42.0 Å². The van der Waals surface area contributed by atoms with Crippen LogP contribution in [-0.4, -0.2) is 70.5 Å². The molecule has 7 nitrogen and oxygen atoms in total. The summed E-state index contributed by atoms with van der Waals surface area (Å²) >= 11 is 0. The molecule has 0 aliphatic carbocycles. The minimum absolute atomic E-state index is 0.189. The summed E-state index contributed by atoms with van der Waals surface area (Å²) in [5, 5.41) is 13.3. The van der Waals surface area contributed by atoms with Crippen LogP contribution in [-0.2, 0) is 24.2 Å². The molecule has 0 unspecified atom stereocenters. The van der Waals surface area contributed by atoms with E-state index < -0.39 is 6.10 Å². The predicted molar refractivity (Wildman–Crippen MR) is 122 cm³/mol. The molecule has 1 aromatic heterocycles. The second kappa shape index (κ2) is 10.2. The first-order chi connectivity index (χ1) is 15.5. The smallest absolute Gasteiger partial charge is 0.251 e. The molecule has 4 rings (SSSR count). The fourth-order valence-electron chi connectivity index (χ4n) is 4.54. The Morgan fingerprint density at radius 1 is 1.22 bits per heavy atom. The number of carbonyl (C=O) groups excluding carboxylic acids is 2. The van der Waals surface area contributed by atoms with Gasteiger partial charge in [0.2, 0.25) is 5.91 Å². The second-order valence-corrected chi connectivity index (χ2v) is 8.88. The van der Waals surface area contributed by atoms with E-state index in [2.05, 4.69) is 33.4 Å². The third-order valence-corrected chi connectivity index (χ3v) is 6.37. The number of rotatable bonds is 8. The first kappa shape index (κ1) is 22.4. The Morgan fingerprint density at radius 2 is 2.00 bits per heavy atom. The van der Waals surface area contributed by atoms with Crippen LogP contribution in [0.15, 0.2) is 42.6 Å². The summed E-state index contributed by atoms with van der Waals surface area (Å²) in [7, 11) is 0. The van der Waals surface area contributed by atoms with E-state index in [1.807, 2.05) is 24.0 Å². The van der Waals surface area contributed by atoms with E-state index in [9.17, 15) is 14.7 Å². The third-order valence-electron chi connectivity index (χ3n) is 6.37. The topological polar surface area (TPSA) is 85.8 Å². The maximum Gasteiger partial charge on any atom is 0.251 e. The van der Waals surface area contributed by atoms with Crippen molar-refractivity contribution in [2.75, 3.05) is 32.7 Å². The fraction of sp³-hybridized carbons (Fsp3) is 0.480. The Hall–Kier alpha value is -2.77. The summed E-state index contributed by atoms with van der Waals surface area (Å²) in [6.45, 7) is 5.89. The molecule has 2 N–H and O–H groups in total. The van der Waals surface area contributed by atoms with Crippen LogP contribution < -0.4 is 5.32 Å². The lowest BCUT2D eigenvalue weighted by atomic mass is 9.93. The van der Waals surface area contributed by atoms with Crippen LogP contribution >= 0.6 is 0 Å². The van der Waals surface area contributed by atoms with Gasteiger partial charge in [-0.2, -0.15) is 0 Å². The summed E-state index contributed by atoms with van der Waals surface area (Å²) in [5.74, 6) is 0.385. The number of carbonyl (C=O) groups is 2. The Labute approximate surface area is 189 Å². The van der Waals surface area contributed by atoms with Crippen LogP contribution in [0.3, 0.4) is 0 Å². The maximum atomic E-state index is 12.6. The van der Waals surface area contributed by atoms with Crippen LogP contribution in [0.4, 0.5) is 0 Å². The number of likely N-dealkylation sites (tertiary alicyclic amines) is 1. The van der Waals surface area contributed by atoms with E-state index in [4.69, 9.17) is 0 Å². The molecular weight excluding hydrogens is 404 g/mol. The lowest BCUT2D eigenvalue weighted by Crippen LogP contribution is -2.50. The number of aliphatic hydroxyl groups is 1. The Bertz CT molecular complexity index is 958. The molecule has 2 amide bonds.